The van der Waals surface area contributed by atoms with Crippen molar-refractivity contribution in [3.8, 4) is 23.0 Å². The van der Waals surface area contributed by atoms with Crippen LogP contribution in [0.4, 0.5) is 0 Å². The molecule has 2 aromatic rings. The van der Waals surface area contributed by atoms with E-state index in [9.17, 15) is 30.0 Å². The van der Waals surface area contributed by atoms with E-state index >= 15 is 0 Å². The molecule has 0 saturated carbocycles. The molecule has 208 valence electrons. The number of carbonyl (C=O) groups is 2. The topological polar surface area (TPSA) is 124 Å². The third kappa shape index (κ3) is 10.2. The fourth-order valence-corrected chi connectivity index (χ4v) is 3.89. The molecule has 0 saturated heterocycles. The standard InChI is InChI=1S/C32H38O7/c1-3-5-7-9-11-13-15-17-23-19-25(33)21-27(34)30(23)32(38)39-26-20-24(29(31(36)37)28(35)22-26)18-16-14-12-10-8-6-4-2/h9-16,19-22,33-35H,3-8,17-18H2,1-2H3,(H,36,37)/b11-9+,12-10+,15-13+,16-14+. The van der Waals surface area contributed by atoms with E-state index in [0.717, 1.165) is 50.7 Å². The summed E-state index contributed by atoms with van der Waals surface area (Å²) in [6.45, 7) is 4.23. The minimum absolute atomic E-state index is 0.0720. The molecule has 0 heterocycles. The molecule has 0 amide bonds. The van der Waals surface area contributed by atoms with Gasteiger partial charge in [0.1, 0.15) is 34.1 Å². The largest absolute Gasteiger partial charge is 0.508 e. The van der Waals surface area contributed by atoms with Gasteiger partial charge in [-0.25, -0.2) is 9.59 Å². The Kier molecular flexibility index (Phi) is 13.1. The fraction of sp³-hybridized carbons (Fsp3) is 0.312. The van der Waals surface area contributed by atoms with Crippen LogP contribution in [0, 0.1) is 0 Å². The monoisotopic (exact) mass is 534 g/mol. The van der Waals surface area contributed by atoms with Gasteiger partial charge in [-0.3, -0.25) is 0 Å². The van der Waals surface area contributed by atoms with Gasteiger partial charge in [0, 0.05) is 12.1 Å². The molecular weight excluding hydrogens is 496 g/mol. The van der Waals surface area contributed by atoms with Crippen molar-refractivity contribution < 1.29 is 34.8 Å². The molecule has 7 heteroatoms. The quantitative estimate of drug-likeness (QED) is 0.0811. The Morgan fingerprint density at radius 1 is 0.718 bits per heavy atom. The van der Waals surface area contributed by atoms with Crippen molar-refractivity contribution in [2.45, 2.75) is 65.2 Å². The number of phenols is 3. The predicted molar refractivity (Wildman–Crippen MR) is 153 cm³/mol. The summed E-state index contributed by atoms with van der Waals surface area (Å²) in [5.74, 6) is -3.48. The number of allylic oxidation sites excluding steroid dienone is 8. The lowest BCUT2D eigenvalue weighted by atomic mass is 10.0. The zero-order valence-electron chi connectivity index (χ0n) is 22.6. The van der Waals surface area contributed by atoms with Gasteiger partial charge < -0.3 is 25.2 Å². The van der Waals surface area contributed by atoms with E-state index in [1.165, 1.54) is 12.1 Å². The van der Waals surface area contributed by atoms with Gasteiger partial charge in [-0.15, -0.1) is 0 Å². The molecular formula is C32H38O7. The minimum Gasteiger partial charge on any atom is -0.508 e. The van der Waals surface area contributed by atoms with Crippen LogP contribution in [0.15, 0.2) is 72.9 Å². The average Bonchev–Trinajstić information content (AvgIpc) is 2.86. The molecule has 0 aromatic heterocycles. The van der Waals surface area contributed by atoms with Gasteiger partial charge in [0.25, 0.3) is 0 Å². The SMILES string of the molecule is CCCC/C=C/C=C/Cc1cc(OC(=O)c2c(O)cc(O)cc2C/C=C/C=C/CCCC)cc(O)c1C(=O)O. The van der Waals surface area contributed by atoms with E-state index in [2.05, 4.69) is 13.8 Å². The second kappa shape index (κ2) is 16.6. The van der Waals surface area contributed by atoms with E-state index in [1.54, 1.807) is 18.2 Å². The van der Waals surface area contributed by atoms with Crippen molar-refractivity contribution in [1.82, 2.24) is 0 Å². The smallest absolute Gasteiger partial charge is 0.347 e. The summed E-state index contributed by atoms with van der Waals surface area (Å²) in [4.78, 5) is 24.8. The molecule has 0 fully saturated rings. The highest BCUT2D eigenvalue weighted by Crippen LogP contribution is 2.32. The van der Waals surface area contributed by atoms with Crippen LogP contribution in [0.2, 0.25) is 0 Å². The number of aromatic carboxylic acids is 1. The lowest BCUT2D eigenvalue weighted by Gasteiger charge is -2.13. The van der Waals surface area contributed by atoms with Gasteiger partial charge in [0.05, 0.1) is 0 Å². The normalized spacial score (nSPS) is 11.8. The predicted octanol–water partition coefficient (Wildman–Crippen LogP) is 7.41. The second-order valence-corrected chi connectivity index (χ2v) is 9.08. The first-order valence-corrected chi connectivity index (χ1v) is 13.3. The van der Waals surface area contributed by atoms with Crippen molar-refractivity contribution in [3.63, 3.8) is 0 Å². The number of rotatable bonds is 15. The van der Waals surface area contributed by atoms with Crippen LogP contribution < -0.4 is 4.74 Å². The molecule has 0 spiro atoms. The second-order valence-electron chi connectivity index (χ2n) is 9.08. The molecule has 0 bridgehead atoms. The Hall–Kier alpha value is -4.26. The molecule has 0 aliphatic rings. The summed E-state index contributed by atoms with van der Waals surface area (Å²) in [7, 11) is 0. The van der Waals surface area contributed by atoms with Crippen molar-refractivity contribution in [1.29, 1.82) is 0 Å². The Bertz CT molecular complexity index is 1240. The van der Waals surface area contributed by atoms with Crippen LogP contribution in [-0.4, -0.2) is 32.4 Å². The molecule has 0 radical (unpaired) electrons. The van der Waals surface area contributed by atoms with E-state index in [-0.39, 0.29) is 41.0 Å². The van der Waals surface area contributed by atoms with Crippen LogP contribution in [0.3, 0.4) is 0 Å². The van der Waals surface area contributed by atoms with E-state index in [0.29, 0.717) is 5.56 Å². The van der Waals surface area contributed by atoms with Gasteiger partial charge in [-0.05, 0) is 48.9 Å². The first-order valence-electron chi connectivity index (χ1n) is 13.3. The number of esters is 1. The fourth-order valence-electron chi connectivity index (χ4n) is 3.89. The van der Waals surface area contributed by atoms with Crippen molar-refractivity contribution >= 4 is 11.9 Å². The summed E-state index contributed by atoms with van der Waals surface area (Å²) in [6, 6.07) is 4.85. The summed E-state index contributed by atoms with van der Waals surface area (Å²) in [5.41, 5.74) is 0.198. The third-order valence-electron chi connectivity index (χ3n) is 5.88. The van der Waals surface area contributed by atoms with Crippen molar-refractivity contribution in [2.24, 2.45) is 0 Å². The van der Waals surface area contributed by atoms with Crippen LogP contribution in [0.1, 0.15) is 84.2 Å². The first-order chi connectivity index (χ1) is 18.8. The number of phenolic OH excluding ortho intramolecular Hbond substituents is 2. The first kappa shape index (κ1) is 31.0. The number of hydrogen-bond donors (Lipinski definition) is 4. The Morgan fingerprint density at radius 2 is 1.23 bits per heavy atom. The van der Waals surface area contributed by atoms with Crippen molar-refractivity contribution in [2.75, 3.05) is 0 Å². The maximum absolute atomic E-state index is 13.1. The zero-order valence-corrected chi connectivity index (χ0v) is 22.6. The van der Waals surface area contributed by atoms with Gasteiger partial charge >= 0.3 is 11.9 Å². The lowest BCUT2D eigenvalue weighted by molar-refractivity contribution is 0.0692. The van der Waals surface area contributed by atoms with E-state index < -0.39 is 23.4 Å². The molecule has 0 aliphatic heterocycles. The number of benzene rings is 2. The summed E-state index contributed by atoms with van der Waals surface area (Å²) < 4.78 is 5.45. The van der Waals surface area contributed by atoms with E-state index in [1.807, 2.05) is 30.4 Å². The minimum atomic E-state index is -1.30. The van der Waals surface area contributed by atoms with Crippen LogP contribution in [-0.2, 0) is 12.8 Å². The number of unbranched alkanes of at least 4 members (excludes halogenated alkanes) is 4. The summed E-state index contributed by atoms with van der Waals surface area (Å²) in [6.07, 6.45) is 21.7. The number of carboxylic acid groups (broad SMARTS) is 1. The van der Waals surface area contributed by atoms with Crippen LogP contribution >= 0.6 is 0 Å². The zero-order chi connectivity index (χ0) is 28.6. The molecule has 7 nitrogen and oxygen atoms in total. The Morgan fingerprint density at radius 3 is 1.77 bits per heavy atom. The Balaban J connectivity index is 2.27. The molecule has 0 atom stereocenters. The Labute approximate surface area is 230 Å². The molecule has 0 aliphatic carbocycles. The molecule has 39 heavy (non-hydrogen) atoms. The highest BCUT2D eigenvalue weighted by Gasteiger charge is 2.22. The number of carboxylic acids is 1. The van der Waals surface area contributed by atoms with Gasteiger partial charge in [0.15, 0.2) is 0 Å². The molecule has 2 aromatic carbocycles. The number of hydrogen-bond acceptors (Lipinski definition) is 6. The highest BCUT2D eigenvalue weighted by molar-refractivity contribution is 5.97. The summed E-state index contributed by atoms with van der Waals surface area (Å²) >= 11 is 0. The summed E-state index contributed by atoms with van der Waals surface area (Å²) in [5, 5.41) is 40.4. The maximum atomic E-state index is 13.1. The van der Waals surface area contributed by atoms with Crippen LogP contribution in [0.5, 0.6) is 23.0 Å². The van der Waals surface area contributed by atoms with E-state index in [4.69, 9.17) is 4.74 Å². The number of carbonyl (C=O) groups excluding carboxylic acids is 1. The molecule has 2 rings (SSSR count). The van der Waals surface area contributed by atoms with Gasteiger partial charge in [-0.1, -0.05) is 88.1 Å². The average molecular weight is 535 g/mol. The van der Waals surface area contributed by atoms with Crippen molar-refractivity contribution in [3.05, 3.63) is 95.1 Å². The molecule has 4 N–H and O–H groups in total. The third-order valence-corrected chi connectivity index (χ3v) is 5.88. The van der Waals surface area contributed by atoms with Crippen LogP contribution in [0.25, 0.3) is 0 Å². The van der Waals surface area contributed by atoms with Gasteiger partial charge in [0.2, 0.25) is 0 Å². The van der Waals surface area contributed by atoms with Gasteiger partial charge in [-0.2, -0.15) is 0 Å². The lowest BCUT2D eigenvalue weighted by Crippen LogP contribution is -2.12. The maximum Gasteiger partial charge on any atom is 0.347 e. The molecule has 0 unspecified atom stereocenters. The number of ether oxygens (including phenoxy) is 1. The number of aromatic hydroxyl groups is 3. The highest BCUT2D eigenvalue weighted by atomic mass is 16.5.